The van der Waals surface area contributed by atoms with Crippen LogP contribution in [0.15, 0.2) is 47.6 Å². The Bertz CT molecular complexity index is 1170. The van der Waals surface area contributed by atoms with Crippen LogP contribution in [0.5, 0.6) is 0 Å². The minimum Gasteiger partial charge on any atom is -0.349 e. The molecule has 10 heteroatoms. The summed E-state index contributed by atoms with van der Waals surface area (Å²) >= 11 is 0. The summed E-state index contributed by atoms with van der Waals surface area (Å²) in [6.07, 6.45) is 6.51. The number of rotatable bonds is 8. The van der Waals surface area contributed by atoms with Crippen LogP contribution in [0, 0.1) is 11.8 Å². The van der Waals surface area contributed by atoms with Crippen molar-refractivity contribution in [3.63, 3.8) is 0 Å². The van der Waals surface area contributed by atoms with Gasteiger partial charge < -0.3 is 5.32 Å². The summed E-state index contributed by atoms with van der Waals surface area (Å²) in [5.74, 6) is -2.60. The van der Waals surface area contributed by atoms with E-state index < -0.39 is 39.5 Å². The van der Waals surface area contributed by atoms with Crippen molar-refractivity contribution in [1.29, 1.82) is 0 Å². The highest BCUT2D eigenvalue weighted by Gasteiger charge is 2.32. The fourth-order valence-electron chi connectivity index (χ4n) is 4.35. The highest BCUT2D eigenvalue weighted by atomic mass is 32.2. The van der Waals surface area contributed by atoms with Crippen molar-refractivity contribution in [2.24, 2.45) is 11.8 Å². The molecule has 0 aliphatic carbocycles. The molecular formula is C26H34N4O5S. The van der Waals surface area contributed by atoms with Gasteiger partial charge in [0, 0.05) is 18.9 Å². The number of ketones is 2. The third kappa shape index (κ3) is 7.76. The van der Waals surface area contributed by atoms with Gasteiger partial charge in [-0.1, -0.05) is 32.0 Å². The van der Waals surface area contributed by atoms with Crippen molar-refractivity contribution in [3.8, 4) is 0 Å². The van der Waals surface area contributed by atoms with E-state index in [1.54, 1.807) is 30.6 Å². The molecule has 2 aromatic rings. The first kappa shape index (κ1) is 27.6. The highest BCUT2D eigenvalue weighted by molar-refractivity contribution is 7.89. The van der Waals surface area contributed by atoms with E-state index in [2.05, 4.69) is 20.2 Å². The topological polar surface area (TPSA) is 135 Å². The fraction of sp³-hybridized carbons (Fsp3) is 0.500. The minimum absolute atomic E-state index is 0.0261. The Labute approximate surface area is 212 Å². The lowest BCUT2D eigenvalue weighted by molar-refractivity contribution is -0.141. The van der Waals surface area contributed by atoms with E-state index in [9.17, 15) is 22.8 Å². The monoisotopic (exact) mass is 514 g/mol. The van der Waals surface area contributed by atoms with Crippen molar-refractivity contribution < 1.29 is 22.8 Å². The molecular weight excluding hydrogens is 480 g/mol. The molecule has 36 heavy (non-hydrogen) atoms. The molecule has 1 aromatic heterocycles. The summed E-state index contributed by atoms with van der Waals surface area (Å²) in [5.41, 5.74) is 1.99. The summed E-state index contributed by atoms with van der Waals surface area (Å²) in [6, 6.07) is 6.84. The molecule has 194 valence electrons. The van der Waals surface area contributed by atoms with E-state index in [0.717, 1.165) is 24.0 Å². The number of carbonyl (C=O) groups excluding carboxylic acids is 3. The maximum atomic E-state index is 13.4. The van der Waals surface area contributed by atoms with Gasteiger partial charge in [-0.05, 0) is 67.7 Å². The number of nitrogens with zero attached hydrogens (tertiary/aromatic N) is 2. The van der Waals surface area contributed by atoms with Gasteiger partial charge in [0.05, 0.1) is 23.3 Å². The number of amides is 1. The normalized spacial score (nSPS) is 18.5. The number of nitrogens with one attached hydrogen (secondary N) is 2. The van der Waals surface area contributed by atoms with Crippen LogP contribution in [0.2, 0.25) is 0 Å². The molecule has 1 aromatic carbocycles. The molecule has 0 radical (unpaired) electrons. The molecule has 9 nitrogen and oxygen atoms in total. The van der Waals surface area contributed by atoms with E-state index in [1.165, 1.54) is 12.1 Å². The van der Waals surface area contributed by atoms with E-state index >= 15 is 0 Å². The van der Waals surface area contributed by atoms with Gasteiger partial charge in [-0.15, -0.1) is 0 Å². The summed E-state index contributed by atoms with van der Waals surface area (Å²) in [5, 5.41) is 10.6. The van der Waals surface area contributed by atoms with E-state index in [-0.39, 0.29) is 30.1 Å². The molecule has 1 aliphatic rings. The van der Waals surface area contributed by atoms with Crippen molar-refractivity contribution in [2.45, 2.75) is 69.7 Å². The average molecular weight is 515 g/mol. The van der Waals surface area contributed by atoms with Crippen LogP contribution in [0.25, 0.3) is 0 Å². The summed E-state index contributed by atoms with van der Waals surface area (Å²) in [4.78, 5) is 39.0. The van der Waals surface area contributed by atoms with E-state index in [4.69, 9.17) is 0 Å². The first-order valence-electron chi connectivity index (χ1n) is 12.4. The second-order valence-electron chi connectivity index (χ2n) is 9.64. The maximum absolute atomic E-state index is 13.4. The first-order chi connectivity index (χ1) is 17.2. The summed E-state index contributed by atoms with van der Waals surface area (Å²) in [7, 11) is -3.94. The third-order valence-corrected chi connectivity index (χ3v) is 7.80. The molecule has 3 rings (SSSR count). The zero-order chi connectivity index (χ0) is 26.1. The van der Waals surface area contributed by atoms with E-state index in [0.29, 0.717) is 19.4 Å². The third-order valence-electron chi connectivity index (χ3n) is 6.32. The zero-order valence-electron chi connectivity index (χ0n) is 20.8. The summed E-state index contributed by atoms with van der Waals surface area (Å²) < 4.78 is 28.4. The molecule has 1 aliphatic heterocycles. The lowest BCUT2D eigenvalue weighted by atomic mass is 9.86. The molecule has 0 fully saturated rings. The molecule has 2 heterocycles. The first-order valence-corrected chi connectivity index (χ1v) is 13.9. The second-order valence-corrected chi connectivity index (χ2v) is 11.4. The number of aryl methyl sites for hydroxylation is 2. The van der Waals surface area contributed by atoms with Crippen molar-refractivity contribution in [1.82, 2.24) is 20.2 Å². The van der Waals surface area contributed by atoms with Gasteiger partial charge in [0.1, 0.15) is 0 Å². The molecule has 2 unspecified atom stereocenters. The number of hydrogen-bond donors (Lipinski definition) is 2. The smallest absolute Gasteiger partial charge is 0.287 e. The van der Waals surface area contributed by atoms with Crippen LogP contribution in [0.4, 0.5) is 0 Å². The average Bonchev–Trinajstić information content (AvgIpc) is 2.85. The lowest BCUT2D eigenvalue weighted by Gasteiger charge is -2.23. The maximum Gasteiger partial charge on any atom is 0.287 e. The number of fused-ring (bicyclic) bond motifs is 1. The number of aromatic nitrogens is 2. The van der Waals surface area contributed by atoms with Gasteiger partial charge >= 0.3 is 0 Å². The Morgan fingerprint density at radius 3 is 2.39 bits per heavy atom. The molecule has 0 saturated carbocycles. The van der Waals surface area contributed by atoms with Crippen LogP contribution in [-0.4, -0.2) is 48.7 Å². The van der Waals surface area contributed by atoms with Gasteiger partial charge in [0.2, 0.25) is 15.8 Å². The highest BCUT2D eigenvalue weighted by Crippen LogP contribution is 2.22. The fourth-order valence-corrected chi connectivity index (χ4v) is 5.60. The molecule has 1 amide bonds. The number of carbonyl (C=O) groups is 3. The largest absolute Gasteiger partial charge is 0.349 e. The number of sulfonamides is 1. The Morgan fingerprint density at radius 1 is 1.06 bits per heavy atom. The van der Waals surface area contributed by atoms with Gasteiger partial charge in [-0.25, -0.2) is 13.1 Å². The molecule has 2 N–H and O–H groups in total. The van der Waals surface area contributed by atoms with Crippen LogP contribution in [0.3, 0.4) is 0 Å². The SMILES string of the molecule is CC(C)CC(NS(=O)(=O)c1ccccc1)C(=O)CC1CCc2cnncc2CCCCNC(=O)C1=O. The van der Waals surface area contributed by atoms with Gasteiger partial charge in [0.25, 0.3) is 5.91 Å². The molecule has 2 atom stereocenters. The predicted molar refractivity (Wildman–Crippen MR) is 134 cm³/mol. The lowest BCUT2D eigenvalue weighted by Crippen LogP contribution is -2.44. The quantitative estimate of drug-likeness (QED) is 0.517. The molecule has 0 spiro atoms. The van der Waals surface area contributed by atoms with Gasteiger partial charge in [-0.2, -0.15) is 10.2 Å². The van der Waals surface area contributed by atoms with Gasteiger partial charge in [-0.3, -0.25) is 14.4 Å². The zero-order valence-corrected chi connectivity index (χ0v) is 21.6. The Morgan fingerprint density at radius 2 is 1.72 bits per heavy atom. The Kier molecular flexibility index (Phi) is 9.83. The summed E-state index contributed by atoms with van der Waals surface area (Å²) in [6.45, 7) is 4.15. The van der Waals surface area contributed by atoms with E-state index in [1.807, 2.05) is 13.8 Å². The van der Waals surface area contributed by atoms with Gasteiger partial charge in [0.15, 0.2) is 5.78 Å². The van der Waals surface area contributed by atoms with Crippen molar-refractivity contribution in [2.75, 3.05) is 6.54 Å². The minimum atomic E-state index is -3.94. The predicted octanol–water partition coefficient (Wildman–Crippen LogP) is 2.40. The van der Waals surface area contributed by atoms with Crippen LogP contribution in [-0.2, 0) is 37.2 Å². The number of hydrogen-bond acceptors (Lipinski definition) is 7. The second kappa shape index (κ2) is 12.8. The standard InChI is InChI=1S/C26H34N4O5S/c1-18(2)14-23(30-36(34,35)22-9-4-3-5-10-22)24(31)15-19-11-12-21-17-29-28-16-20(21)8-6-7-13-27-26(33)25(19)32/h3-5,9-10,16-19,23,30H,6-8,11-15H2,1-2H3,(H,27,33). The number of benzene rings is 1. The van der Waals surface area contributed by atoms with Crippen molar-refractivity contribution >= 4 is 27.5 Å². The Hall–Kier alpha value is -2.98. The van der Waals surface area contributed by atoms with Crippen LogP contribution in [0.1, 0.15) is 57.1 Å². The Balaban J connectivity index is 1.82. The number of Topliss-reactive ketones (excluding diaryl/α,β-unsaturated/α-hetero) is 2. The molecule has 0 saturated heterocycles. The van der Waals surface area contributed by atoms with Crippen molar-refractivity contribution in [3.05, 3.63) is 53.9 Å². The van der Waals surface area contributed by atoms with Crippen LogP contribution >= 0.6 is 0 Å². The molecule has 0 bridgehead atoms. The van der Waals surface area contributed by atoms with Crippen LogP contribution < -0.4 is 10.0 Å².